The molecule has 0 atom stereocenters. The second-order valence-electron chi connectivity index (χ2n) is 7.36. The van der Waals surface area contributed by atoms with E-state index in [-0.39, 0.29) is 18.3 Å². The van der Waals surface area contributed by atoms with Gasteiger partial charge in [0.2, 0.25) is 0 Å². The van der Waals surface area contributed by atoms with E-state index in [1.807, 2.05) is 42.5 Å². The second kappa shape index (κ2) is 10.1. The first-order chi connectivity index (χ1) is 14.8. The molecular weight excluding hydrogens is 380 g/mol. The van der Waals surface area contributed by atoms with E-state index in [1.165, 1.54) is 10.5 Å². The van der Waals surface area contributed by atoms with Crippen molar-refractivity contribution in [3.05, 3.63) is 89.4 Å². The van der Waals surface area contributed by atoms with Crippen LogP contribution in [0.2, 0.25) is 0 Å². The van der Waals surface area contributed by atoms with Crippen LogP contribution >= 0.6 is 0 Å². The van der Waals surface area contributed by atoms with Gasteiger partial charge in [0, 0.05) is 12.1 Å². The molecule has 1 amide bonds. The van der Waals surface area contributed by atoms with E-state index in [2.05, 4.69) is 17.4 Å². The van der Waals surface area contributed by atoms with Gasteiger partial charge >= 0.3 is 0 Å². The lowest BCUT2D eigenvalue weighted by Gasteiger charge is -2.24. The van der Waals surface area contributed by atoms with Gasteiger partial charge in [-0.05, 0) is 29.8 Å². The van der Waals surface area contributed by atoms with Crippen LogP contribution in [0.1, 0.15) is 27.4 Å². The molecule has 30 heavy (non-hydrogen) atoms. The third kappa shape index (κ3) is 5.49. The zero-order chi connectivity index (χ0) is 20.6. The number of ether oxygens (including phenoxy) is 2. The van der Waals surface area contributed by atoms with E-state index in [1.54, 1.807) is 12.1 Å². The smallest absolute Gasteiger partial charge is 0.287 e. The van der Waals surface area contributed by atoms with E-state index in [0.717, 1.165) is 44.2 Å². The van der Waals surface area contributed by atoms with Crippen molar-refractivity contribution < 1.29 is 23.6 Å². The molecule has 2 aromatic carbocycles. The summed E-state index contributed by atoms with van der Waals surface area (Å²) in [6.07, 6.45) is 0. The first-order valence-corrected chi connectivity index (χ1v) is 10.3. The van der Waals surface area contributed by atoms with Crippen molar-refractivity contribution in [3.63, 3.8) is 0 Å². The minimum Gasteiger partial charge on any atom is -0.486 e. The Morgan fingerprint density at radius 1 is 0.933 bits per heavy atom. The summed E-state index contributed by atoms with van der Waals surface area (Å²) >= 11 is 0. The average Bonchev–Trinajstić information content (AvgIpc) is 3.28. The molecule has 1 aliphatic rings. The number of hydrogen-bond acceptors (Lipinski definition) is 4. The quantitative estimate of drug-likeness (QED) is 0.601. The summed E-state index contributed by atoms with van der Waals surface area (Å²) in [5.41, 5.74) is 2.38. The molecule has 0 saturated carbocycles. The highest BCUT2D eigenvalue weighted by Crippen LogP contribution is 2.14. The minimum absolute atomic E-state index is 0.227. The van der Waals surface area contributed by atoms with Gasteiger partial charge < -0.3 is 24.1 Å². The number of morpholine rings is 1. The topological polar surface area (TPSA) is 65.1 Å². The third-order valence-electron chi connectivity index (χ3n) is 5.21. The lowest BCUT2D eigenvalue weighted by atomic mass is 10.1. The third-order valence-corrected chi connectivity index (χ3v) is 5.21. The molecule has 0 unspecified atom stereocenters. The summed E-state index contributed by atoms with van der Waals surface area (Å²) in [4.78, 5) is 14.0. The van der Waals surface area contributed by atoms with Gasteiger partial charge in [0.1, 0.15) is 37.8 Å². The molecule has 156 valence electrons. The van der Waals surface area contributed by atoms with E-state index < -0.39 is 0 Å². The monoisotopic (exact) mass is 407 g/mol. The Balaban J connectivity index is 1.31. The number of carbonyl (C=O) groups excluding carboxylic acids is 1. The Morgan fingerprint density at radius 2 is 1.67 bits per heavy atom. The van der Waals surface area contributed by atoms with Crippen LogP contribution in [0.5, 0.6) is 5.75 Å². The van der Waals surface area contributed by atoms with Gasteiger partial charge in [-0.1, -0.05) is 42.5 Å². The normalized spacial score (nSPS) is 14.4. The van der Waals surface area contributed by atoms with Crippen LogP contribution < -0.4 is 15.0 Å². The second-order valence-corrected chi connectivity index (χ2v) is 7.36. The summed E-state index contributed by atoms with van der Waals surface area (Å²) in [5.74, 6) is 1.44. The van der Waals surface area contributed by atoms with Gasteiger partial charge in [-0.2, -0.15) is 0 Å². The Hall–Kier alpha value is -3.09. The van der Waals surface area contributed by atoms with Gasteiger partial charge in [-0.25, -0.2) is 0 Å². The number of rotatable bonds is 8. The predicted molar refractivity (Wildman–Crippen MR) is 112 cm³/mol. The molecule has 1 aromatic heterocycles. The molecular formula is C24H27N2O4+. The minimum atomic E-state index is -0.227. The molecule has 0 bridgehead atoms. The maximum Gasteiger partial charge on any atom is 0.287 e. The lowest BCUT2D eigenvalue weighted by molar-refractivity contribution is -0.921. The van der Waals surface area contributed by atoms with Crippen molar-refractivity contribution >= 4 is 5.91 Å². The molecule has 1 saturated heterocycles. The number of hydrogen-bond donors (Lipinski definition) is 2. The molecule has 2 N–H and O–H groups in total. The van der Waals surface area contributed by atoms with E-state index in [0.29, 0.717) is 12.3 Å². The standard InChI is InChI=1S/C24H26N2O4/c27-24(23-11-10-22(30-23)18-29-21-8-2-1-3-9-21)25-16-19-6-4-5-7-20(19)17-26-12-14-28-15-13-26/h1-11H,12-18H2,(H,25,27)/p+1. The number of amides is 1. The van der Waals surface area contributed by atoms with Crippen molar-refractivity contribution in [1.82, 2.24) is 5.32 Å². The maximum atomic E-state index is 12.5. The van der Waals surface area contributed by atoms with Crippen molar-refractivity contribution in [2.24, 2.45) is 0 Å². The highest BCUT2D eigenvalue weighted by Gasteiger charge is 2.17. The SMILES string of the molecule is O=C(NCc1ccccc1C[NH+]1CCOCC1)c1ccc(COc2ccccc2)o1. The van der Waals surface area contributed by atoms with Crippen molar-refractivity contribution in [3.8, 4) is 5.75 Å². The summed E-state index contributed by atoms with van der Waals surface area (Å²) in [5, 5.41) is 2.97. The lowest BCUT2D eigenvalue weighted by Crippen LogP contribution is -3.12. The summed E-state index contributed by atoms with van der Waals surface area (Å²) < 4.78 is 16.8. The van der Waals surface area contributed by atoms with Crippen LogP contribution in [0.15, 0.2) is 71.1 Å². The van der Waals surface area contributed by atoms with E-state index in [4.69, 9.17) is 13.9 Å². The fraction of sp³-hybridized carbons (Fsp3) is 0.292. The molecule has 1 aliphatic heterocycles. The first kappa shape index (κ1) is 20.2. The molecule has 0 spiro atoms. The molecule has 3 aromatic rings. The fourth-order valence-electron chi connectivity index (χ4n) is 3.52. The molecule has 0 radical (unpaired) electrons. The van der Waals surface area contributed by atoms with Gasteiger partial charge in [0.15, 0.2) is 5.76 Å². The number of benzene rings is 2. The molecule has 0 aliphatic carbocycles. The predicted octanol–water partition coefficient (Wildman–Crippen LogP) is 2.20. The number of para-hydroxylation sites is 1. The molecule has 6 nitrogen and oxygen atoms in total. The van der Waals surface area contributed by atoms with Crippen molar-refractivity contribution in [1.29, 1.82) is 0 Å². The van der Waals surface area contributed by atoms with Crippen LogP contribution in [-0.2, 0) is 24.4 Å². The summed E-state index contributed by atoms with van der Waals surface area (Å²) in [6, 6.07) is 21.2. The van der Waals surface area contributed by atoms with Gasteiger partial charge in [-0.15, -0.1) is 0 Å². The van der Waals surface area contributed by atoms with Crippen LogP contribution in [0.3, 0.4) is 0 Å². The van der Waals surface area contributed by atoms with Crippen LogP contribution in [-0.4, -0.2) is 32.2 Å². The first-order valence-electron chi connectivity index (χ1n) is 10.3. The Labute approximate surface area is 176 Å². The van der Waals surface area contributed by atoms with Crippen LogP contribution in [0.25, 0.3) is 0 Å². The number of carbonyl (C=O) groups is 1. The largest absolute Gasteiger partial charge is 0.486 e. The Kier molecular flexibility index (Phi) is 6.79. The highest BCUT2D eigenvalue weighted by atomic mass is 16.5. The van der Waals surface area contributed by atoms with Crippen molar-refractivity contribution in [2.45, 2.75) is 19.7 Å². The fourth-order valence-corrected chi connectivity index (χ4v) is 3.52. The summed E-state index contributed by atoms with van der Waals surface area (Å²) in [7, 11) is 0. The van der Waals surface area contributed by atoms with Gasteiger partial charge in [0.05, 0.1) is 13.2 Å². The number of quaternary nitrogens is 1. The molecule has 4 rings (SSSR count). The van der Waals surface area contributed by atoms with Crippen LogP contribution in [0.4, 0.5) is 0 Å². The van der Waals surface area contributed by atoms with Gasteiger partial charge in [-0.3, -0.25) is 4.79 Å². The molecule has 1 fully saturated rings. The van der Waals surface area contributed by atoms with Crippen molar-refractivity contribution in [2.75, 3.05) is 26.3 Å². The number of furan rings is 1. The highest BCUT2D eigenvalue weighted by molar-refractivity contribution is 5.91. The average molecular weight is 407 g/mol. The summed E-state index contributed by atoms with van der Waals surface area (Å²) in [6.45, 7) is 5.34. The number of nitrogens with one attached hydrogen (secondary N) is 2. The van der Waals surface area contributed by atoms with Crippen LogP contribution in [0, 0.1) is 0 Å². The van der Waals surface area contributed by atoms with E-state index in [9.17, 15) is 4.79 Å². The molecule has 2 heterocycles. The Bertz CT molecular complexity index is 949. The zero-order valence-electron chi connectivity index (χ0n) is 16.9. The van der Waals surface area contributed by atoms with Gasteiger partial charge in [0.25, 0.3) is 5.91 Å². The Morgan fingerprint density at radius 3 is 2.47 bits per heavy atom. The van der Waals surface area contributed by atoms with E-state index >= 15 is 0 Å². The zero-order valence-corrected chi connectivity index (χ0v) is 16.9. The molecule has 6 heteroatoms. The maximum absolute atomic E-state index is 12.5.